The van der Waals surface area contributed by atoms with Gasteiger partial charge in [0, 0.05) is 31.3 Å². The molecular formula is C17H25FN2O2S. The van der Waals surface area contributed by atoms with Crippen LogP contribution in [0.3, 0.4) is 0 Å². The third kappa shape index (κ3) is 5.11. The van der Waals surface area contributed by atoms with Crippen molar-refractivity contribution in [3.8, 4) is 0 Å². The number of piperidine rings is 1. The average molecular weight is 340 g/mol. The molecular weight excluding hydrogens is 315 g/mol. The number of nitrogens with zero attached hydrogens (tertiary/aromatic N) is 1. The van der Waals surface area contributed by atoms with Crippen molar-refractivity contribution in [1.82, 2.24) is 10.2 Å². The number of urea groups is 1. The van der Waals surface area contributed by atoms with Crippen LogP contribution in [0.2, 0.25) is 0 Å². The van der Waals surface area contributed by atoms with Crippen LogP contribution in [0.4, 0.5) is 9.18 Å². The molecule has 6 heteroatoms. The smallest absolute Gasteiger partial charge is 0.317 e. The minimum atomic E-state index is -0.393. The van der Waals surface area contributed by atoms with Crippen LogP contribution in [-0.2, 0) is 12.3 Å². The van der Waals surface area contributed by atoms with Crippen molar-refractivity contribution >= 4 is 17.8 Å². The van der Waals surface area contributed by atoms with E-state index >= 15 is 0 Å². The SMILES string of the molecule is CSCc1cc(F)ccc1CNC(=O)N1CCCC(C(C)O)C1. The normalized spacial score (nSPS) is 19.5. The third-order valence-electron chi connectivity index (χ3n) is 4.33. The molecule has 1 heterocycles. The number of rotatable bonds is 5. The molecule has 1 aromatic rings. The van der Waals surface area contributed by atoms with Crippen molar-refractivity contribution in [2.45, 2.75) is 38.2 Å². The first-order valence-electron chi connectivity index (χ1n) is 7.98. The van der Waals surface area contributed by atoms with Gasteiger partial charge >= 0.3 is 6.03 Å². The number of hydrogen-bond donors (Lipinski definition) is 2. The van der Waals surface area contributed by atoms with E-state index in [2.05, 4.69) is 5.32 Å². The van der Waals surface area contributed by atoms with Crippen molar-refractivity contribution < 1.29 is 14.3 Å². The van der Waals surface area contributed by atoms with Crippen molar-refractivity contribution in [3.63, 3.8) is 0 Å². The van der Waals surface area contributed by atoms with E-state index in [-0.39, 0.29) is 17.8 Å². The molecule has 23 heavy (non-hydrogen) atoms. The number of hydrogen-bond acceptors (Lipinski definition) is 3. The van der Waals surface area contributed by atoms with Crippen LogP contribution >= 0.6 is 11.8 Å². The maximum atomic E-state index is 13.4. The third-order valence-corrected chi connectivity index (χ3v) is 4.93. The molecule has 2 N–H and O–H groups in total. The van der Waals surface area contributed by atoms with Crippen LogP contribution < -0.4 is 5.32 Å². The maximum absolute atomic E-state index is 13.4. The summed E-state index contributed by atoms with van der Waals surface area (Å²) in [6.45, 7) is 3.48. The van der Waals surface area contributed by atoms with E-state index in [1.807, 2.05) is 6.26 Å². The minimum absolute atomic E-state index is 0.116. The summed E-state index contributed by atoms with van der Waals surface area (Å²) in [4.78, 5) is 14.1. The number of aliphatic hydroxyl groups excluding tert-OH is 1. The van der Waals surface area contributed by atoms with Crippen molar-refractivity contribution in [1.29, 1.82) is 0 Å². The lowest BCUT2D eigenvalue weighted by Gasteiger charge is -2.34. The molecule has 2 unspecified atom stereocenters. The molecule has 4 nitrogen and oxygen atoms in total. The van der Waals surface area contributed by atoms with Gasteiger partial charge in [-0.15, -0.1) is 0 Å². The number of halogens is 1. The second kappa shape index (κ2) is 8.55. The summed E-state index contributed by atoms with van der Waals surface area (Å²) >= 11 is 1.63. The Morgan fingerprint density at radius 2 is 2.30 bits per heavy atom. The lowest BCUT2D eigenvalue weighted by Crippen LogP contribution is -2.47. The van der Waals surface area contributed by atoms with Gasteiger partial charge in [-0.3, -0.25) is 0 Å². The van der Waals surface area contributed by atoms with E-state index in [0.717, 1.165) is 36.3 Å². The Bertz CT molecular complexity index is 539. The van der Waals surface area contributed by atoms with Crippen LogP contribution in [0, 0.1) is 11.7 Å². The number of likely N-dealkylation sites (tertiary alicyclic amines) is 1. The number of aliphatic hydroxyl groups is 1. The van der Waals surface area contributed by atoms with Gasteiger partial charge in [-0.1, -0.05) is 6.07 Å². The van der Waals surface area contributed by atoms with Gasteiger partial charge in [0.25, 0.3) is 0 Å². The molecule has 0 radical (unpaired) electrons. The molecule has 0 aromatic heterocycles. The Morgan fingerprint density at radius 1 is 1.52 bits per heavy atom. The summed E-state index contributed by atoms with van der Waals surface area (Å²) in [7, 11) is 0. The molecule has 1 aliphatic rings. The zero-order valence-corrected chi connectivity index (χ0v) is 14.5. The summed E-state index contributed by atoms with van der Waals surface area (Å²) < 4.78 is 13.4. The zero-order chi connectivity index (χ0) is 16.8. The van der Waals surface area contributed by atoms with E-state index < -0.39 is 6.10 Å². The highest BCUT2D eigenvalue weighted by molar-refractivity contribution is 7.97. The first-order valence-corrected chi connectivity index (χ1v) is 9.37. The molecule has 1 fully saturated rings. The van der Waals surface area contributed by atoms with Crippen LogP contribution in [0.1, 0.15) is 30.9 Å². The molecule has 0 bridgehead atoms. The van der Waals surface area contributed by atoms with Gasteiger partial charge in [-0.25, -0.2) is 9.18 Å². The summed E-state index contributed by atoms with van der Waals surface area (Å²) in [6, 6.07) is 4.57. The van der Waals surface area contributed by atoms with Gasteiger partial charge < -0.3 is 15.3 Å². The van der Waals surface area contributed by atoms with Crippen molar-refractivity contribution in [3.05, 3.63) is 35.1 Å². The Morgan fingerprint density at radius 3 is 3.00 bits per heavy atom. The first-order chi connectivity index (χ1) is 11.0. The average Bonchev–Trinajstić information content (AvgIpc) is 2.54. The topological polar surface area (TPSA) is 52.6 Å². The number of thioether (sulfide) groups is 1. The summed E-state index contributed by atoms with van der Waals surface area (Å²) in [6.07, 6.45) is 3.45. The molecule has 2 atom stereocenters. The van der Waals surface area contributed by atoms with Gasteiger partial charge in [-0.05, 0) is 49.3 Å². The van der Waals surface area contributed by atoms with Gasteiger partial charge in [-0.2, -0.15) is 11.8 Å². The monoisotopic (exact) mass is 340 g/mol. The zero-order valence-electron chi connectivity index (χ0n) is 13.7. The minimum Gasteiger partial charge on any atom is -0.393 e. The summed E-state index contributed by atoms with van der Waals surface area (Å²) in [5, 5.41) is 12.6. The molecule has 128 valence electrons. The molecule has 0 aliphatic carbocycles. The highest BCUT2D eigenvalue weighted by atomic mass is 32.2. The lowest BCUT2D eigenvalue weighted by molar-refractivity contribution is 0.0738. The second-order valence-electron chi connectivity index (χ2n) is 6.09. The quantitative estimate of drug-likeness (QED) is 0.866. The van der Waals surface area contributed by atoms with Gasteiger partial charge in [0.2, 0.25) is 0 Å². The first kappa shape index (κ1) is 18.1. The molecule has 2 amide bonds. The van der Waals surface area contributed by atoms with E-state index in [1.54, 1.807) is 29.7 Å². The van der Waals surface area contributed by atoms with Gasteiger partial charge in [0.05, 0.1) is 6.10 Å². The predicted octanol–water partition coefficient (Wildman–Crippen LogP) is 2.99. The lowest BCUT2D eigenvalue weighted by atomic mass is 9.94. The van der Waals surface area contributed by atoms with Crippen LogP contribution in [0.5, 0.6) is 0 Å². The number of benzene rings is 1. The Labute approximate surface area is 141 Å². The molecule has 2 rings (SSSR count). The standard InChI is InChI=1S/C17H25FN2O2S/c1-12(21)14-4-3-7-20(10-14)17(22)19-9-13-5-6-16(18)8-15(13)11-23-2/h5-6,8,12,14,21H,3-4,7,9-11H2,1-2H3,(H,19,22). The van der Waals surface area contributed by atoms with Crippen molar-refractivity contribution in [2.75, 3.05) is 19.3 Å². The number of amides is 2. The fourth-order valence-corrected chi connectivity index (χ4v) is 3.51. The Balaban J connectivity index is 1.94. The summed E-state index contributed by atoms with van der Waals surface area (Å²) in [5.41, 5.74) is 1.86. The highest BCUT2D eigenvalue weighted by Gasteiger charge is 2.26. The summed E-state index contributed by atoms with van der Waals surface area (Å²) in [5.74, 6) is 0.615. The predicted molar refractivity (Wildman–Crippen MR) is 91.8 cm³/mol. The fourth-order valence-electron chi connectivity index (χ4n) is 2.93. The van der Waals surface area contributed by atoms with E-state index in [4.69, 9.17) is 0 Å². The Kier molecular flexibility index (Phi) is 6.72. The molecule has 1 aliphatic heterocycles. The molecule has 1 saturated heterocycles. The largest absolute Gasteiger partial charge is 0.393 e. The van der Waals surface area contributed by atoms with Crippen molar-refractivity contribution in [2.24, 2.45) is 5.92 Å². The van der Waals surface area contributed by atoms with E-state index in [0.29, 0.717) is 13.1 Å². The van der Waals surface area contributed by atoms with Crippen LogP contribution in [0.25, 0.3) is 0 Å². The molecule has 0 spiro atoms. The van der Waals surface area contributed by atoms with Gasteiger partial charge in [0.1, 0.15) is 5.82 Å². The Hall–Kier alpha value is -1.27. The number of nitrogens with one attached hydrogen (secondary N) is 1. The van der Waals surface area contributed by atoms with Crippen LogP contribution in [0.15, 0.2) is 18.2 Å². The number of carbonyl (C=O) groups is 1. The molecule has 1 aromatic carbocycles. The second-order valence-corrected chi connectivity index (χ2v) is 6.96. The fraction of sp³-hybridized carbons (Fsp3) is 0.588. The van der Waals surface area contributed by atoms with Gasteiger partial charge in [0.15, 0.2) is 0 Å². The number of carbonyl (C=O) groups excluding carboxylic acids is 1. The van der Waals surface area contributed by atoms with E-state index in [9.17, 15) is 14.3 Å². The maximum Gasteiger partial charge on any atom is 0.317 e. The van der Waals surface area contributed by atoms with E-state index in [1.165, 1.54) is 12.1 Å². The van der Waals surface area contributed by atoms with Crippen LogP contribution in [-0.4, -0.2) is 41.5 Å². The highest BCUT2D eigenvalue weighted by Crippen LogP contribution is 2.20. The molecule has 0 saturated carbocycles.